The number of benzene rings is 1. The zero-order valence-electron chi connectivity index (χ0n) is 14.6. The number of unbranched alkanes of at least 4 members (excludes halogenated alkanes) is 6. The standard InChI is InChI=1S/C15H24O.Na.H3O4P.H/c1-2-3-4-5-6-7-8-11-14-12-9-10-13-15(14)16;;1-5(2,3)4;/h9-10,12-13,16H,2-8,11H2,1H3;;(H3,1,2,3,4);/q;+1;;-1. The van der Waals surface area contributed by atoms with Crippen LogP contribution in [0.3, 0.4) is 0 Å². The molecule has 0 amide bonds. The van der Waals surface area contributed by atoms with E-state index in [1.807, 2.05) is 18.2 Å². The fourth-order valence-electron chi connectivity index (χ4n) is 1.99. The van der Waals surface area contributed by atoms with Crippen molar-refractivity contribution >= 4 is 7.82 Å². The molecule has 0 unspecified atom stereocenters. The minimum atomic E-state index is -4.64. The molecule has 1 aromatic rings. The number of aryl methyl sites for hydroxylation is 1. The Hall–Kier alpha value is 0.130. The number of rotatable bonds is 8. The third kappa shape index (κ3) is 18.2. The number of phenolic OH excluding ortho intramolecular Hbond substituents is 1. The smallest absolute Gasteiger partial charge is 1.00 e. The van der Waals surface area contributed by atoms with Crippen LogP contribution in [0.4, 0.5) is 0 Å². The third-order valence-electron chi connectivity index (χ3n) is 3.04. The molecule has 7 heteroatoms. The molecule has 124 valence electrons. The molecule has 0 radical (unpaired) electrons. The maximum atomic E-state index is 9.58. The van der Waals surface area contributed by atoms with E-state index in [9.17, 15) is 5.11 Å². The fourth-order valence-corrected chi connectivity index (χ4v) is 1.99. The molecule has 0 aliphatic heterocycles. The second kappa shape index (κ2) is 14.7. The van der Waals surface area contributed by atoms with Gasteiger partial charge in [0.05, 0.1) is 0 Å². The first-order valence-corrected chi connectivity index (χ1v) is 8.96. The largest absolute Gasteiger partial charge is 1.00 e. The summed E-state index contributed by atoms with van der Waals surface area (Å²) in [7, 11) is -4.64. The van der Waals surface area contributed by atoms with E-state index in [4.69, 9.17) is 19.2 Å². The normalized spacial score (nSPS) is 10.4. The van der Waals surface area contributed by atoms with Crippen LogP contribution in [0.2, 0.25) is 0 Å². The number of hydrogen-bond acceptors (Lipinski definition) is 2. The average Bonchev–Trinajstić information content (AvgIpc) is 2.38. The van der Waals surface area contributed by atoms with E-state index in [1.54, 1.807) is 6.07 Å². The van der Waals surface area contributed by atoms with E-state index in [2.05, 4.69) is 6.92 Å². The number of phenols is 1. The molecule has 0 saturated heterocycles. The summed E-state index contributed by atoms with van der Waals surface area (Å²) in [5.41, 5.74) is 1.09. The monoisotopic (exact) mass is 342 g/mol. The molecule has 0 atom stereocenters. The Morgan fingerprint density at radius 3 is 1.91 bits per heavy atom. The van der Waals surface area contributed by atoms with Gasteiger partial charge in [0.1, 0.15) is 5.75 Å². The Balaban J connectivity index is -0.000000502. The van der Waals surface area contributed by atoms with Crippen LogP contribution in [-0.2, 0) is 11.0 Å². The van der Waals surface area contributed by atoms with Gasteiger partial charge >= 0.3 is 37.4 Å². The van der Waals surface area contributed by atoms with Crippen molar-refractivity contribution in [3.8, 4) is 5.75 Å². The second-order valence-electron chi connectivity index (χ2n) is 5.01. The number of phosphoric acid groups is 1. The molecule has 5 nitrogen and oxygen atoms in total. The average molecular weight is 342 g/mol. The predicted molar refractivity (Wildman–Crippen MR) is 85.2 cm³/mol. The van der Waals surface area contributed by atoms with Crippen LogP contribution < -0.4 is 29.6 Å². The van der Waals surface area contributed by atoms with Crippen molar-refractivity contribution < 1.29 is 55.3 Å². The molecule has 0 spiro atoms. The zero-order valence-corrected chi connectivity index (χ0v) is 16.5. The Kier molecular flexibility index (Phi) is 16.3. The minimum Gasteiger partial charge on any atom is -1.00 e. The quantitative estimate of drug-likeness (QED) is 0.319. The van der Waals surface area contributed by atoms with Crippen LogP contribution in [0.5, 0.6) is 5.75 Å². The first-order chi connectivity index (χ1) is 9.84. The van der Waals surface area contributed by atoms with Crippen LogP contribution in [0, 0.1) is 0 Å². The predicted octanol–water partition coefficient (Wildman–Crippen LogP) is 0.873. The van der Waals surface area contributed by atoms with Gasteiger partial charge in [0, 0.05) is 0 Å². The molecule has 0 fully saturated rings. The van der Waals surface area contributed by atoms with E-state index < -0.39 is 7.82 Å². The molecule has 4 N–H and O–H groups in total. The zero-order chi connectivity index (χ0) is 16.1. The van der Waals surface area contributed by atoms with E-state index in [1.165, 1.54) is 44.9 Å². The Bertz CT molecular complexity index is 420. The Morgan fingerprint density at radius 2 is 1.41 bits per heavy atom. The topological polar surface area (TPSA) is 98.0 Å². The molecule has 22 heavy (non-hydrogen) atoms. The summed E-state index contributed by atoms with van der Waals surface area (Å²) < 4.78 is 8.88. The van der Waals surface area contributed by atoms with E-state index in [-0.39, 0.29) is 31.0 Å². The summed E-state index contributed by atoms with van der Waals surface area (Å²) >= 11 is 0. The molecule has 0 aromatic heterocycles. The van der Waals surface area contributed by atoms with Crippen LogP contribution in [0.1, 0.15) is 58.9 Å². The number of hydrogen-bond donors (Lipinski definition) is 4. The summed E-state index contributed by atoms with van der Waals surface area (Å²) in [6.07, 6.45) is 10.3. The van der Waals surface area contributed by atoms with Crippen molar-refractivity contribution in [2.24, 2.45) is 0 Å². The fraction of sp³-hybridized carbons (Fsp3) is 0.600. The van der Waals surface area contributed by atoms with Gasteiger partial charge < -0.3 is 21.2 Å². The molecule has 0 bridgehead atoms. The molecule has 1 rings (SSSR count). The summed E-state index contributed by atoms with van der Waals surface area (Å²) in [4.78, 5) is 21.6. The van der Waals surface area contributed by atoms with Crippen molar-refractivity contribution in [2.45, 2.75) is 58.3 Å². The maximum absolute atomic E-state index is 9.58. The van der Waals surface area contributed by atoms with Gasteiger partial charge in [0.2, 0.25) is 0 Å². The second-order valence-corrected chi connectivity index (χ2v) is 6.04. The number of para-hydroxylation sites is 1. The maximum Gasteiger partial charge on any atom is 1.00 e. The summed E-state index contributed by atoms with van der Waals surface area (Å²) in [5.74, 6) is 0.452. The summed E-state index contributed by atoms with van der Waals surface area (Å²) in [6, 6.07) is 7.67. The molecule has 0 aliphatic carbocycles. The van der Waals surface area contributed by atoms with Gasteiger partial charge in [-0.15, -0.1) is 0 Å². The van der Waals surface area contributed by atoms with Gasteiger partial charge in [0.15, 0.2) is 0 Å². The molecular weight excluding hydrogens is 314 g/mol. The van der Waals surface area contributed by atoms with Crippen LogP contribution in [-0.4, -0.2) is 19.8 Å². The van der Waals surface area contributed by atoms with Crippen molar-refractivity contribution in [1.29, 1.82) is 0 Å². The van der Waals surface area contributed by atoms with Gasteiger partial charge in [-0.2, -0.15) is 0 Å². The van der Waals surface area contributed by atoms with Gasteiger partial charge in [-0.1, -0.05) is 63.6 Å². The van der Waals surface area contributed by atoms with Crippen LogP contribution in [0.25, 0.3) is 0 Å². The molecule has 1 aromatic carbocycles. The Morgan fingerprint density at radius 1 is 0.955 bits per heavy atom. The molecule has 0 aliphatic rings. The van der Waals surface area contributed by atoms with Gasteiger partial charge in [-0.05, 0) is 24.5 Å². The minimum absolute atomic E-state index is 0. The van der Waals surface area contributed by atoms with Gasteiger partial charge in [-0.25, -0.2) is 4.57 Å². The first kappa shape index (κ1) is 24.4. The van der Waals surface area contributed by atoms with Crippen LogP contribution in [0.15, 0.2) is 24.3 Å². The summed E-state index contributed by atoms with van der Waals surface area (Å²) in [5, 5.41) is 9.58. The van der Waals surface area contributed by atoms with E-state index in [0.29, 0.717) is 5.75 Å². The van der Waals surface area contributed by atoms with Crippen molar-refractivity contribution in [3.05, 3.63) is 29.8 Å². The Labute approximate surface area is 156 Å². The summed E-state index contributed by atoms with van der Waals surface area (Å²) in [6.45, 7) is 2.25. The third-order valence-corrected chi connectivity index (χ3v) is 3.04. The SMILES string of the molecule is CCCCCCCCCc1ccccc1O.O=P(O)(O)O.[H-].[Na+]. The van der Waals surface area contributed by atoms with E-state index in [0.717, 1.165) is 12.0 Å². The number of aromatic hydroxyl groups is 1. The first-order valence-electron chi connectivity index (χ1n) is 7.39. The van der Waals surface area contributed by atoms with Crippen molar-refractivity contribution in [3.63, 3.8) is 0 Å². The van der Waals surface area contributed by atoms with E-state index >= 15 is 0 Å². The van der Waals surface area contributed by atoms with Gasteiger partial charge in [-0.3, -0.25) is 0 Å². The van der Waals surface area contributed by atoms with Crippen molar-refractivity contribution in [2.75, 3.05) is 0 Å². The van der Waals surface area contributed by atoms with Gasteiger partial charge in [0.25, 0.3) is 0 Å². The molecule has 0 heterocycles. The molecule has 0 saturated carbocycles. The van der Waals surface area contributed by atoms with Crippen molar-refractivity contribution in [1.82, 2.24) is 0 Å². The molecular formula is C15H28NaO5P. The van der Waals surface area contributed by atoms with Crippen LogP contribution >= 0.6 is 7.82 Å².